The van der Waals surface area contributed by atoms with Crippen LogP contribution in [0.4, 0.5) is 5.69 Å². The van der Waals surface area contributed by atoms with E-state index in [9.17, 15) is 9.90 Å². The number of phenols is 1. The number of nitrogens with zero attached hydrogens (tertiary/aromatic N) is 1. The summed E-state index contributed by atoms with van der Waals surface area (Å²) < 4.78 is 0. The number of hydrazone groups is 1. The van der Waals surface area contributed by atoms with E-state index in [1.54, 1.807) is 31.2 Å². The monoisotopic (exact) mass is 303 g/mol. The van der Waals surface area contributed by atoms with Gasteiger partial charge in [0.15, 0.2) is 0 Å². The molecule has 0 radical (unpaired) electrons. The highest BCUT2D eigenvalue weighted by Crippen LogP contribution is 2.19. The molecule has 1 amide bonds. The Kier molecular flexibility index (Phi) is 4.45. The van der Waals surface area contributed by atoms with Gasteiger partial charge in [-0.15, -0.1) is 0 Å². The lowest BCUT2D eigenvalue weighted by atomic mass is 10.1. The number of benzene rings is 2. The number of rotatable bonds is 4. The summed E-state index contributed by atoms with van der Waals surface area (Å²) in [5, 5.41) is 14.4. The van der Waals surface area contributed by atoms with E-state index in [2.05, 4.69) is 10.5 Å². The van der Waals surface area contributed by atoms with Crippen LogP contribution < -0.4 is 11.2 Å². The third-order valence-corrected chi connectivity index (χ3v) is 3.09. The summed E-state index contributed by atoms with van der Waals surface area (Å²) >= 11 is 5.88. The number of nitrogens with two attached hydrogens (primary N) is 1. The van der Waals surface area contributed by atoms with Crippen LogP contribution in [0.25, 0.3) is 0 Å². The molecular weight excluding hydrogens is 290 g/mol. The molecule has 0 bridgehead atoms. The Balaban J connectivity index is 2.23. The van der Waals surface area contributed by atoms with Crippen LogP contribution in [-0.4, -0.2) is 16.7 Å². The number of carbonyl (C=O) groups excluding carboxylic acids is 1. The summed E-state index contributed by atoms with van der Waals surface area (Å²) in [6.07, 6.45) is 0. The molecule has 0 fully saturated rings. The molecule has 0 spiro atoms. The first-order valence-electron chi connectivity index (χ1n) is 6.16. The fourth-order valence-corrected chi connectivity index (χ4v) is 1.92. The van der Waals surface area contributed by atoms with Gasteiger partial charge in [-0.25, -0.2) is 0 Å². The van der Waals surface area contributed by atoms with Gasteiger partial charge in [0, 0.05) is 5.02 Å². The van der Waals surface area contributed by atoms with E-state index in [4.69, 9.17) is 17.3 Å². The zero-order chi connectivity index (χ0) is 15.4. The van der Waals surface area contributed by atoms with Crippen molar-refractivity contribution in [3.63, 3.8) is 0 Å². The van der Waals surface area contributed by atoms with Crippen molar-refractivity contribution in [2.45, 2.75) is 6.92 Å². The van der Waals surface area contributed by atoms with Crippen LogP contribution in [0.1, 0.15) is 22.8 Å². The number of anilines is 1. The molecule has 0 unspecified atom stereocenters. The van der Waals surface area contributed by atoms with E-state index >= 15 is 0 Å². The van der Waals surface area contributed by atoms with Gasteiger partial charge in [-0.05, 0) is 48.9 Å². The van der Waals surface area contributed by atoms with E-state index in [1.165, 1.54) is 12.1 Å². The maximum absolute atomic E-state index is 11.2. The van der Waals surface area contributed by atoms with Crippen molar-refractivity contribution in [2.24, 2.45) is 10.8 Å². The van der Waals surface area contributed by atoms with Gasteiger partial charge in [-0.1, -0.05) is 17.7 Å². The summed E-state index contributed by atoms with van der Waals surface area (Å²) in [7, 11) is 0. The highest BCUT2D eigenvalue weighted by atomic mass is 35.5. The Hall–Kier alpha value is -2.53. The van der Waals surface area contributed by atoms with Gasteiger partial charge in [0.1, 0.15) is 5.75 Å². The van der Waals surface area contributed by atoms with Crippen LogP contribution in [0.15, 0.2) is 47.6 Å². The van der Waals surface area contributed by atoms with Crippen molar-refractivity contribution in [1.29, 1.82) is 0 Å². The third kappa shape index (κ3) is 3.73. The first kappa shape index (κ1) is 14.9. The van der Waals surface area contributed by atoms with E-state index in [-0.39, 0.29) is 11.3 Å². The maximum Gasteiger partial charge on any atom is 0.252 e. The van der Waals surface area contributed by atoms with Gasteiger partial charge in [-0.2, -0.15) is 5.10 Å². The van der Waals surface area contributed by atoms with Crippen LogP contribution in [0.5, 0.6) is 5.75 Å². The second-order valence-electron chi connectivity index (χ2n) is 4.42. The molecule has 2 aromatic rings. The first-order chi connectivity index (χ1) is 9.97. The van der Waals surface area contributed by atoms with Crippen molar-refractivity contribution in [3.05, 3.63) is 58.6 Å². The topological polar surface area (TPSA) is 87.7 Å². The molecule has 0 heterocycles. The number of amides is 1. The van der Waals surface area contributed by atoms with Crippen LogP contribution in [0.3, 0.4) is 0 Å². The number of hydrogen-bond acceptors (Lipinski definition) is 4. The van der Waals surface area contributed by atoms with Gasteiger partial charge < -0.3 is 10.8 Å². The number of hydrogen-bond donors (Lipinski definition) is 3. The Morgan fingerprint density at radius 3 is 2.71 bits per heavy atom. The lowest BCUT2D eigenvalue weighted by Crippen LogP contribution is -2.12. The highest BCUT2D eigenvalue weighted by molar-refractivity contribution is 6.30. The quantitative estimate of drug-likeness (QED) is 0.599. The minimum Gasteiger partial charge on any atom is -0.507 e. The second kappa shape index (κ2) is 6.28. The summed E-state index contributed by atoms with van der Waals surface area (Å²) in [4.78, 5) is 11.2. The molecular formula is C15H14ClN3O2. The molecule has 0 aliphatic rings. The smallest absolute Gasteiger partial charge is 0.252 e. The van der Waals surface area contributed by atoms with E-state index in [0.717, 1.165) is 5.69 Å². The summed E-state index contributed by atoms with van der Waals surface area (Å²) in [5.41, 5.74) is 10.2. The van der Waals surface area contributed by atoms with Crippen LogP contribution >= 0.6 is 11.6 Å². The third-order valence-electron chi connectivity index (χ3n) is 2.86. The predicted molar refractivity (Wildman–Crippen MR) is 83.9 cm³/mol. The fraction of sp³-hybridized carbons (Fsp3) is 0.0667. The van der Waals surface area contributed by atoms with Crippen LogP contribution in [-0.2, 0) is 0 Å². The Labute approximate surface area is 127 Å². The van der Waals surface area contributed by atoms with Crippen molar-refractivity contribution >= 4 is 28.9 Å². The van der Waals surface area contributed by atoms with E-state index < -0.39 is 5.91 Å². The lowest BCUT2D eigenvalue weighted by molar-refractivity contribution is 0.0998. The van der Waals surface area contributed by atoms with Crippen LogP contribution in [0.2, 0.25) is 5.02 Å². The minimum absolute atomic E-state index is 0.0600. The summed E-state index contributed by atoms with van der Waals surface area (Å²) in [5.74, 6) is -0.841. The van der Waals surface area contributed by atoms with Gasteiger partial charge in [0.05, 0.1) is 17.0 Å². The zero-order valence-electron chi connectivity index (χ0n) is 11.3. The average molecular weight is 304 g/mol. The van der Waals surface area contributed by atoms with Gasteiger partial charge in [-0.3, -0.25) is 10.2 Å². The Bertz CT molecular complexity index is 714. The normalized spacial score (nSPS) is 11.2. The standard InChI is InChI=1S/C15H14ClN3O2/c1-9(18-19-12-4-2-3-11(16)8-12)10-5-6-14(20)13(7-10)15(17)21/h2-8,19-20H,1H3,(H2,17,21)/b18-9-. The fourth-order valence-electron chi connectivity index (χ4n) is 1.73. The van der Waals surface area contributed by atoms with Crippen molar-refractivity contribution in [3.8, 4) is 5.75 Å². The molecule has 2 aromatic carbocycles. The molecule has 0 saturated carbocycles. The molecule has 0 atom stereocenters. The predicted octanol–water partition coefficient (Wildman–Crippen LogP) is 2.98. The maximum atomic E-state index is 11.2. The average Bonchev–Trinajstić information content (AvgIpc) is 2.45. The Morgan fingerprint density at radius 1 is 1.29 bits per heavy atom. The number of halogens is 1. The zero-order valence-corrected chi connectivity index (χ0v) is 12.1. The molecule has 6 heteroatoms. The van der Waals surface area contributed by atoms with Crippen molar-refractivity contribution < 1.29 is 9.90 Å². The van der Waals surface area contributed by atoms with Crippen molar-refractivity contribution in [1.82, 2.24) is 0 Å². The van der Waals surface area contributed by atoms with Gasteiger partial charge in [0.2, 0.25) is 0 Å². The minimum atomic E-state index is -0.690. The molecule has 0 aliphatic heterocycles. The Morgan fingerprint density at radius 2 is 2.05 bits per heavy atom. The number of nitrogens with one attached hydrogen (secondary N) is 1. The largest absolute Gasteiger partial charge is 0.507 e. The number of carbonyl (C=O) groups is 1. The second-order valence-corrected chi connectivity index (χ2v) is 4.85. The van der Waals surface area contributed by atoms with Gasteiger partial charge in [0.25, 0.3) is 5.91 Å². The number of primary amides is 1. The molecule has 4 N–H and O–H groups in total. The van der Waals surface area contributed by atoms with Gasteiger partial charge >= 0.3 is 0 Å². The van der Waals surface area contributed by atoms with Crippen LogP contribution in [0, 0.1) is 0 Å². The van der Waals surface area contributed by atoms with E-state index in [1.807, 2.05) is 6.07 Å². The van der Waals surface area contributed by atoms with E-state index in [0.29, 0.717) is 16.3 Å². The highest BCUT2D eigenvalue weighted by Gasteiger charge is 2.09. The summed E-state index contributed by atoms with van der Waals surface area (Å²) in [6, 6.07) is 11.7. The molecule has 0 saturated heterocycles. The molecule has 2 rings (SSSR count). The SMILES string of the molecule is C/C(=N/Nc1cccc(Cl)c1)c1ccc(O)c(C(N)=O)c1. The molecule has 0 aliphatic carbocycles. The van der Waals surface area contributed by atoms with Crippen molar-refractivity contribution in [2.75, 3.05) is 5.43 Å². The lowest BCUT2D eigenvalue weighted by Gasteiger charge is -2.06. The molecule has 5 nitrogen and oxygen atoms in total. The number of aromatic hydroxyl groups is 1. The molecule has 21 heavy (non-hydrogen) atoms. The summed E-state index contributed by atoms with van der Waals surface area (Å²) in [6.45, 7) is 1.77. The first-order valence-corrected chi connectivity index (χ1v) is 6.54. The molecule has 108 valence electrons. The molecule has 0 aromatic heterocycles.